The standard InChI is InChI=1S/C14H19N5O2/c1-3-19-12(7-8-15-19)14(20)18-9-5-4-6-11(18)13-16-10(2)17-21-13/h7-8,11H,3-6,9H2,1-2H3/t11-/m1/s1. The molecule has 0 aromatic carbocycles. The lowest BCUT2D eigenvalue weighted by Crippen LogP contribution is -2.39. The van der Waals surface area contributed by atoms with E-state index >= 15 is 0 Å². The summed E-state index contributed by atoms with van der Waals surface area (Å²) >= 11 is 0. The van der Waals surface area contributed by atoms with Crippen LogP contribution in [0.25, 0.3) is 0 Å². The average molecular weight is 289 g/mol. The van der Waals surface area contributed by atoms with Crippen molar-refractivity contribution in [2.24, 2.45) is 0 Å². The second kappa shape index (κ2) is 5.67. The minimum atomic E-state index is -0.132. The van der Waals surface area contributed by atoms with Crippen LogP contribution in [0.5, 0.6) is 0 Å². The molecule has 1 aliphatic rings. The summed E-state index contributed by atoms with van der Waals surface area (Å²) in [5.41, 5.74) is 0.612. The lowest BCUT2D eigenvalue weighted by Gasteiger charge is -2.33. The van der Waals surface area contributed by atoms with E-state index in [1.165, 1.54) is 0 Å². The van der Waals surface area contributed by atoms with Crippen LogP contribution in [0, 0.1) is 6.92 Å². The molecule has 21 heavy (non-hydrogen) atoms. The molecule has 0 bridgehead atoms. The highest BCUT2D eigenvalue weighted by Gasteiger charge is 2.33. The molecule has 3 heterocycles. The van der Waals surface area contributed by atoms with E-state index < -0.39 is 0 Å². The predicted octanol–water partition coefficient (Wildman–Crippen LogP) is 1.96. The van der Waals surface area contributed by atoms with Gasteiger partial charge in [-0.05, 0) is 39.2 Å². The highest BCUT2D eigenvalue weighted by Crippen LogP contribution is 2.31. The molecule has 0 spiro atoms. The fourth-order valence-electron chi connectivity index (χ4n) is 2.79. The van der Waals surface area contributed by atoms with Gasteiger partial charge in [-0.2, -0.15) is 10.1 Å². The van der Waals surface area contributed by atoms with E-state index in [0.717, 1.165) is 19.3 Å². The third-order valence-electron chi connectivity index (χ3n) is 3.83. The van der Waals surface area contributed by atoms with Gasteiger partial charge in [0.05, 0.1) is 0 Å². The first-order valence-corrected chi connectivity index (χ1v) is 7.33. The Morgan fingerprint density at radius 2 is 2.33 bits per heavy atom. The van der Waals surface area contributed by atoms with Crippen LogP contribution in [-0.4, -0.2) is 37.3 Å². The van der Waals surface area contributed by atoms with Crippen molar-refractivity contribution in [2.75, 3.05) is 6.54 Å². The van der Waals surface area contributed by atoms with Crippen LogP contribution in [0.4, 0.5) is 0 Å². The van der Waals surface area contributed by atoms with Crippen molar-refractivity contribution in [3.63, 3.8) is 0 Å². The van der Waals surface area contributed by atoms with Gasteiger partial charge >= 0.3 is 0 Å². The van der Waals surface area contributed by atoms with Gasteiger partial charge in [0.15, 0.2) is 5.82 Å². The highest BCUT2D eigenvalue weighted by atomic mass is 16.5. The van der Waals surface area contributed by atoms with Crippen LogP contribution in [-0.2, 0) is 6.54 Å². The number of hydrogen-bond donors (Lipinski definition) is 0. The third kappa shape index (κ3) is 2.55. The maximum Gasteiger partial charge on any atom is 0.272 e. The molecule has 112 valence electrons. The largest absolute Gasteiger partial charge is 0.337 e. The summed E-state index contributed by atoms with van der Waals surface area (Å²) in [6.45, 7) is 5.14. The molecule has 2 aromatic rings. The van der Waals surface area contributed by atoms with Gasteiger partial charge in [0, 0.05) is 19.3 Å². The summed E-state index contributed by atoms with van der Waals surface area (Å²) < 4.78 is 7.00. The Morgan fingerprint density at radius 1 is 1.48 bits per heavy atom. The Labute approximate surface area is 122 Å². The molecule has 0 unspecified atom stereocenters. The lowest BCUT2D eigenvalue weighted by atomic mass is 10.0. The summed E-state index contributed by atoms with van der Waals surface area (Å²) in [5.74, 6) is 1.11. The minimum absolute atomic E-state index is 0.0186. The molecule has 3 rings (SSSR count). The quantitative estimate of drug-likeness (QED) is 0.863. The van der Waals surface area contributed by atoms with Crippen molar-refractivity contribution in [1.29, 1.82) is 0 Å². The minimum Gasteiger partial charge on any atom is -0.337 e. The Balaban J connectivity index is 1.89. The number of rotatable bonds is 3. The van der Waals surface area contributed by atoms with Crippen LogP contribution < -0.4 is 0 Å². The zero-order chi connectivity index (χ0) is 14.8. The molecule has 7 nitrogen and oxygen atoms in total. The van der Waals surface area contributed by atoms with Crippen molar-refractivity contribution in [1.82, 2.24) is 24.8 Å². The number of nitrogens with zero attached hydrogens (tertiary/aromatic N) is 5. The Morgan fingerprint density at radius 3 is 3.05 bits per heavy atom. The number of carbonyl (C=O) groups excluding carboxylic acids is 1. The first-order chi connectivity index (χ1) is 10.2. The monoisotopic (exact) mass is 289 g/mol. The van der Waals surface area contributed by atoms with Crippen molar-refractivity contribution in [2.45, 2.75) is 45.7 Å². The molecule has 1 atom stereocenters. The Hall–Kier alpha value is -2.18. The molecule has 1 amide bonds. The van der Waals surface area contributed by atoms with Gasteiger partial charge in [0.1, 0.15) is 11.7 Å². The van der Waals surface area contributed by atoms with Gasteiger partial charge in [-0.25, -0.2) is 0 Å². The van der Waals surface area contributed by atoms with E-state index in [2.05, 4.69) is 15.2 Å². The smallest absolute Gasteiger partial charge is 0.272 e. The number of aromatic nitrogens is 4. The molecule has 0 radical (unpaired) electrons. The number of piperidine rings is 1. The first-order valence-electron chi connectivity index (χ1n) is 7.33. The summed E-state index contributed by atoms with van der Waals surface area (Å²) in [4.78, 5) is 18.9. The summed E-state index contributed by atoms with van der Waals surface area (Å²) in [5, 5.41) is 8.01. The van der Waals surface area contributed by atoms with Crippen molar-refractivity contribution >= 4 is 5.91 Å². The second-order valence-electron chi connectivity index (χ2n) is 5.22. The Kier molecular flexibility index (Phi) is 3.72. The maximum absolute atomic E-state index is 12.8. The van der Waals surface area contributed by atoms with E-state index in [1.54, 1.807) is 23.9 Å². The number of hydrogen-bond acceptors (Lipinski definition) is 5. The summed E-state index contributed by atoms with van der Waals surface area (Å²) in [7, 11) is 0. The molecular weight excluding hydrogens is 270 g/mol. The van der Waals surface area contributed by atoms with E-state index in [1.807, 2.05) is 11.8 Å². The van der Waals surface area contributed by atoms with Gasteiger partial charge < -0.3 is 9.42 Å². The maximum atomic E-state index is 12.8. The van der Waals surface area contributed by atoms with Crippen molar-refractivity contribution in [3.05, 3.63) is 29.7 Å². The first kappa shape index (κ1) is 13.8. The zero-order valence-corrected chi connectivity index (χ0v) is 12.3. The van der Waals surface area contributed by atoms with E-state index in [9.17, 15) is 4.79 Å². The van der Waals surface area contributed by atoms with Gasteiger partial charge in [-0.3, -0.25) is 9.48 Å². The summed E-state index contributed by atoms with van der Waals surface area (Å²) in [6.07, 6.45) is 4.57. The average Bonchev–Trinajstić information content (AvgIpc) is 3.15. The van der Waals surface area contributed by atoms with E-state index in [-0.39, 0.29) is 11.9 Å². The molecular formula is C14H19N5O2. The molecule has 1 aliphatic heterocycles. The highest BCUT2D eigenvalue weighted by molar-refractivity contribution is 5.92. The molecule has 0 aliphatic carbocycles. The molecule has 2 aromatic heterocycles. The number of likely N-dealkylation sites (tertiary alicyclic amines) is 1. The van der Waals surface area contributed by atoms with Gasteiger partial charge in [0.2, 0.25) is 5.89 Å². The molecule has 1 fully saturated rings. The van der Waals surface area contributed by atoms with Crippen LogP contribution in [0.2, 0.25) is 0 Å². The van der Waals surface area contributed by atoms with Crippen LogP contribution >= 0.6 is 0 Å². The SMILES string of the molecule is CCn1nccc1C(=O)N1CCCC[C@@H]1c1nc(C)no1. The van der Waals surface area contributed by atoms with E-state index in [0.29, 0.717) is 30.5 Å². The van der Waals surface area contributed by atoms with Crippen LogP contribution in [0.3, 0.4) is 0 Å². The number of amides is 1. The summed E-state index contributed by atoms with van der Waals surface area (Å²) in [6, 6.07) is 1.63. The fourth-order valence-corrected chi connectivity index (χ4v) is 2.79. The van der Waals surface area contributed by atoms with Crippen LogP contribution in [0.1, 0.15) is 54.4 Å². The van der Waals surface area contributed by atoms with Gasteiger partial charge in [-0.15, -0.1) is 0 Å². The molecule has 0 saturated carbocycles. The molecule has 0 N–H and O–H groups in total. The van der Waals surface area contributed by atoms with Crippen LogP contribution in [0.15, 0.2) is 16.8 Å². The Bertz CT molecular complexity index is 633. The predicted molar refractivity (Wildman–Crippen MR) is 74.6 cm³/mol. The van der Waals surface area contributed by atoms with Crippen molar-refractivity contribution < 1.29 is 9.32 Å². The topological polar surface area (TPSA) is 77.1 Å². The number of carbonyl (C=O) groups is 1. The second-order valence-corrected chi connectivity index (χ2v) is 5.22. The molecule has 7 heteroatoms. The zero-order valence-electron chi connectivity index (χ0n) is 12.3. The fraction of sp³-hybridized carbons (Fsp3) is 0.571. The third-order valence-corrected chi connectivity index (χ3v) is 3.83. The lowest BCUT2D eigenvalue weighted by molar-refractivity contribution is 0.0549. The van der Waals surface area contributed by atoms with E-state index in [4.69, 9.17) is 4.52 Å². The van der Waals surface area contributed by atoms with Gasteiger partial charge in [-0.1, -0.05) is 5.16 Å². The number of aryl methyl sites for hydroxylation is 2. The van der Waals surface area contributed by atoms with Gasteiger partial charge in [0.25, 0.3) is 5.91 Å². The van der Waals surface area contributed by atoms with Crippen molar-refractivity contribution in [3.8, 4) is 0 Å². The normalized spacial score (nSPS) is 19.0. The molecule has 1 saturated heterocycles.